The van der Waals surface area contributed by atoms with Crippen molar-refractivity contribution in [1.82, 2.24) is 25.5 Å². The van der Waals surface area contributed by atoms with Crippen molar-refractivity contribution in [3.63, 3.8) is 0 Å². The van der Waals surface area contributed by atoms with E-state index in [1.165, 1.54) is 12.1 Å². The van der Waals surface area contributed by atoms with Crippen molar-refractivity contribution in [2.75, 3.05) is 11.9 Å². The number of aromatic amines is 1. The monoisotopic (exact) mass is 382 g/mol. The molecule has 0 aliphatic heterocycles. The number of aromatic nitrogens is 4. The van der Waals surface area contributed by atoms with Crippen molar-refractivity contribution in [2.45, 2.75) is 33.2 Å². The van der Waals surface area contributed by atoms with Crippen LogP contribution in [0.15, 0.2) is 36.7 Å². The van der Waals surface area contributed by atoms with E-state index in [1.807, 2.05) is 20.0 Å². The molecular weight excluding hydrogens is 359 g/mol. The average molecular weight is 382 g/mol. The lowest BCUT2D eigenvalue weighted by molar-refractivity contribution is 0.0929. The van der Waals surface area contributed by atoms with Crippen molar-refractivity contribution in [2.24, 2.45) is 0 Å². The Morgan fingerprint density at radius 2 is 2.11 bits per heavy atom. The molecule has 0 saturated carbocycles. The fraction of sp³-hybridized carbons (Fsp3) is 0.300. The molecule has 2 aromatic heterocycles. The SMILES string of the molecule is Cc1nc(C(=O)N[C@H](C)c2cccc(F)c2)nc(NCCc2cn[nH]c2)c1C. The average Bonchev–Trinajstić information content (AvgIpc) is 3.18. The quantitative estimate of drug-likeness (QED) is 0.584. The fourth-order valence-corrected chi connectivity index (χ4v) is 2.76. The van der Waals surface area contributed by atoms with Crippen LogP contribution in [0.1, 0.15) is 46.0 Å². The van der Waals surface area contributed by atoms with Gasteiger partial charge in [0.2, 0.25) is 5.82 Å². The highest BCUT2D eigenvalue weighted by molar-refractivity contribution is 5.91. The predicted molar refractivity (Wildman–Crippen MR) is 105 cm³/mol. The van der Waals surface area contributed by atoms with Crippen LogP contribution in [0.5, 0.6) is 0 Å². The Balaban J connectivity index is 1.70. The molecule has 2 heterocycles. The summed E-state index contributed by atoms with van der Waals surface area (Å²) >= 11 is 0. The number of amides is 1. The number of nitrogens with zero attached hydrogens (tertiary/aromatic N) is 3. The summed E-state index contributed by atoms with van der Waals surface area (Å²) in [6, 6.07) is 5.77. The van der Waals surface area contributed by atoms with Gasteiger partial charge in [0, 0.05) is 24.0 Å². The van der Waals surface area contributed by atoms with Gasteiger partial charge in [-0.3, -0.25) is 9.89 Å². The van der Waals surface area contributed by atoms with Gasteiger partial charge in [-0.1, -0.05) is 12.1 Å². The smallest absolute Gasteiger partial charge is 0.289 e. The number of carbonyl (C=O) groups excluding carboxylic acids is 1. The molecule has 3 N–H and O–H groups in total. The van der Waals surface area contributed by atoms with Gasteiger partial charge in [0.25, 0.3) is 5.91 Å². The minimum absolute atomic E-state index is 0.0807. The van der Waals surface area contributed by atoms with Crippen LogP contribution < -0.4 is 10.6 Å². The maximum atomic E-state index is 13.4. The summed E-state index contributed by atoms with van der Waals surface area (Å²) in [6.07, 6.45) is 4.38. The van der Waals surface area contributed by atoms with E-state index in [-0.39, 0.29) is 17.7 Å². The van der Waals surface area contributed by atoms with Crippen LogP contribution >= 0.6 is 0 Å². The number of H-pyrrole nitrogens is 1. The third kappa shape index (κ3) is 4.70. The molecule has 0 unspecified atom stereocenters. The highest BCUT2D eigenvalue weighted by atomic mass is 19.1. The van der Waals surface area contributed by atoms with Crippen LogP contribution in [0.3, 0.4) is 0 Å². The number of halogens is 1. The van der Waals surface area contributed by atoms with Gasteiger partial charge in [0.05, 0.1) is 12.2 Å². The number of aryl methyl sites for hydroxylation is 1. The Bertz CT molecular complexity index is 957. The Kier molecular flexibility index (Phi) is 5.98. The summed E-state index contributed by atoms with van der Waals surface area (Å²) < 4.78 is 13.4. The van der Waals surface area contributed by atoms with E-state index in [0.717, 1.165) is 23.2 Å². The number of benzene rings is 1. The first-order valence-corrected chi connectivity index (χ1v) is 9.07. The topological polar surface area (TPSA) is 95.6 Å². The van der Waals surface area contributed by atoms with Crippen LogP contribution in [0, 0.1) is 19.7 Å². The molecule has 1 aromatic carbocycles. The van der Waals surface area contributed by atoms with E-state index >= 15 is 0 Å². The number of hydrogen-bond donors (Lipinski definition) is 3. The standard InChI is InChI=1S/C20H23FN6O/c1-12-13(2)25-19(27-18(12)22-8-7-15-10-23-24-11-15)20(28)26-14(3)16-5-4-6-17(21)9-16/h4-6,9-11,14H,7-8H2,1-3H3,(H,23,24)(H,26,28)(H,22,25,27)/t14-/m1/s1. The van der Waals surface area contributed by atoms with Gasteiger partial charge in [-0.15, -0.1) is 0 Å². The first kappa shape index (κ1) is 19.5. The molecule has 1 amide bonds. The third-order valence-corrected chi connectivity index (χ3v) is 4.55. The number of nitrogens with one attached hydrogen (secondary N) is 3. The number of hydrogen-bond acceptors (Lipinski definition) is 5. The molecule has 146 valence electrons. The Labute approximate surface area is 162 Å². The van der Waals surface area contributed by atoms with Crippen molar-refractivity contribution in [3.8, 4) is 0 Å². The van der Waals surface area contributed by atoms with E-state index in [2.05, 4.69) is 30.8 Å². The van der Waals surface area contributed by atoms with Crippen LogP contribution in [0.2, 0.25) is 0 Å². The Hall–Kier alpha value is -3.29. The zero-order chi connectivity index (χ0) is 20.1. The Morgan fingerprint density at radius 3 is 2.82 bits per heavy atom. The highest BCUT2D eigenvalue weighted by Crippen LogP contribution is 2.17. The summed E-state index contributed by atoms with van der Waals surface area (Å²) in [4.78, 5) is 21.3. The van der Waals surface area contributed by atoms with Gasteiger partial charge < -0.3 is 10.6 Å². The predicted octanol–water partition coefficient (Wildman–Crippen LogP) is 3.10. The summed E-state index contributed by atoms with van der Waals surface area (Å²) in [5.74, 6) is -0.0420. The number of carbonyl (C=O) groups is 1. The molecule has 0 fully saturated rings. The molecule has 0 aliphatic carbocycles. The van der Waals surface area contributed by atoms with Gasteiger partial charge in [0.15, 0.2) is 0 Å². The summed E-state index contributed by atoms with van der Waals surface area (Å²) in [5, 5.41) is 12.8. The number of rotatable bonds is 7. The summed E-state index contributed by atoms with van der Waals surface area (Å²) in [6.45, 7) is 6.19. The zero-order valence-electron chi connectivity index (χ0n) is 16.1. The molecule has 1 atom stereocenters. The minimum Gasteiger partial charge on any atom is -0.369 e. The van der Waals surface area contributed by atoms with Crippen molar-refractivity contribution >= 4 is 11.7 Å². The molecule has 0 saturated heterocycles. The van der Waals surface area contributed by atoms with Crippen LogP contribution in [-0.4, -0.2) is 32.6 Å². The van der Waals surface area contributed by atoms with Gasteiger partial charge in [0.1, 0.15) is 11.6 Å². The minimum atomic E-state index is -0.405. The van der Waals surface area contributed by atoms with Gasteiger partial charge >= 0.3 is 0 Å². The second-order valence-corrected chi connectivity index (χ2v) is 6.64. The van der Waals surface area contributed by atoms with E-state index in [0.29, 0.717) is 17.9 Å². The van der Waals surface area contributed by atoms with Crippen LogP contribution in [-0.2, 0) is 6.42 Å². The first-order chi connectivity index (χ1) is 13.4. The molecule has 7 nitrogen and oxygen atoms in total. The molecule has 0 radical (unpaired) electrons. The zero-order valence-corrected chi connectivity index (χ0v) is 16.1. The fourth-order valence-electron chi connectivity index (χ4n) is 2.76. The van der Waals surface area contributed by atoms with Gasteiger partial charge in [-0.2, -0.15) is 5.10 Å². The maximum absolute atomic E-state index is 13.4. The van der Waals surface area contributed by atoms with Gasteiger partial charge in [-0.25, -0.2) is 14.4 Å². The molecule has 0 bridgehead atoms. The lowest BCUT2D eigenvalue weighted by Gasteiger charge is -2.15. The van der Waals surface area contributed by atoms with Gasteiger partial charge in [-0.05, 0) is 50.5 Å². The molecule has 28 heavy (non-hydrogen) atoms. The van der Waals surface area contributed by atoms with Crippen LogP contribution in [0.4, 0.5) is 10.2 Å². The van der Waals surface area contributed by atoms with E-state index in [4.69, 9.17) is 0 Å². The first-order valence-electron chi connectivity index (χ1n) is 9.07. The highest BCUT2D eigenvalue weighted by Gasteiger charge is 2.17. The second kappa shape index (κ2) is 8.60. The third-order valence-electron chi connectivity index (χ3n) is 4.55. The second-order valence-electron chi connectivity index (χ2n) is 6.64. The lowest BCUT2D eigenvalue weighted by Crippen LogP contribution is -2.29. The molecule has 8 heteroatoms. The molecule has 0 spiro atoms. The molecule has 3 rings (SSSR count). The van der Waals surface area contributed by atoms with E-state index < -0.39 is 5.91 Å². The molecule has 0 aliphatic rings. The van der Waals surface area contributed by atoms with Crippen molar-refractivity contribution in [1.29, 1.82) is 0 Å². The number of anilines is 1. The van der Waals surface area contributed by atoms with Crippen LogP contribution in [0.25, 0.3) is 0 Å². The van der Waals surface area contributed by atoms with Crippen molar-refractivity contribution in [3.05, 3.63) is 70.7 Å². The molecular formula is C20H23FN6O. The maximum Gasteiger partial charge on any atom is 0.289 e. The summed E-state index contributed by atoms with van der Waals surface area (Å²) in [7, 11) is 0. The largest absolute Gasteiger partial charge is 0.369 e. The van der Waals surface area contributed by atoms with Crippen molar-refractivity contribution < 1.29 is 9.18 Å². The molecule has 3 aromatic rings. The Morgan fingerprint density at radius 1 is 1.29 bits per heavy atom. The van der Waals surface area contributed by atoms with E-state index in [1.54, 1.807) is 25.3 Å². The summed E-state index contributed by atoms with van der Waals surface area (Å²) in [5.41, 5.74) is 3.37. The lowest BCUT2D eigenvalue weighted by atomic mass is 10.1. The van der Waals surface area contributed by atoms with E-state index in [9.17, 15) is 9.18 Å². The normalized spacial score (nSPS) is 11.9.